The summed E-state index contributed by atoms with van der Waals surface area (Å²) < 4.78 is 6.23. The second-order valence-corrected chi connectivity index (χ2v) is 8.51. The van der Waals surface area contributed by atoms with Gasteiger partial charge in [0.15, 0.2) is 5.01 Å². The van der Waals surface area contributed by atoms with Crippen LogP contribution < -0.4 is 15.4 Å². The zero-order valence-electron chi connectivity index (χ0n) is 18.4. The number of aryl methyl sites for hydroxylation is 1. The number of ether oxygens (including phenoxy) is 1. The Morgan fingerprint density at radius 2 is 1.91 bits per heavy atom. The minimum Gasteiger partial charge on any atom is -0.495 e. The van der Waals surface area contributed by atoms with Crippen LogP contribution >= 0.6 is 11.3 Å². The predicted molar refractivity (Wildman–Crippen MR) is 134 cm³/mol. The number of amides is 1. The van der Waals surface area contributed by atoms with E-state index < -0.39 is 0 Å². The first-order valence-electron chi connectivity index (χ1n) is 10.5. The van der Waals surface area contributed by atoms with Crippen LogP contribution in [0.1, 0.15) is 15.4 Å². The van der Waals surface area contributed by atoms with Gasteiger partial charge in [-0.1, -0.05) is 18.2 Å². The predicted octanol–water partition coefficient (Wildman–Crippen LogP) is 5.46. The van der Waals surface area contributed by atoms with E-state index in [1.807, 2.05) is 61.5 Å². The molecular weight excluding hydrogens is 448 g/mol. The van der Waals surface area contributed by atoms with Crippen LogP contribution in [0.5, 0.6) is 5.75 Å². The molecule has 0 unspecified atom stereocenters. The Labute approximate surface area is 199 Å². The summed E-state index contributed by atoms with van der Waals surface area (Å²) in [6.07, 6.45) is 5.04. The molecule has 0 aliphatic carbocycles. The van der Waals surface area contributed by atoms with Gasteiger partial charge in [0.2, 0.25) is 5.95 Å². The Balaban J connectivity index is 1.36. The highest BCUT2D eigenvalue weighted by molar-refractivity contribution is 7.20. The zero-order valence-corrected chi connectivity index (χ0v) is 19.3. The summed E-state index contributed by atoms with van der Waals surface area (Å²) in [5.74, 6) is 0.830. The molecule has 0 aliphatic heterocycles. The third-order valence-corrected chi connectivity index (χ3v) is 6.17. The molecule has 34 heavy (non-hydrogen) atoms. The van der Waals surface area contributed by atoms with Crippen LogP contribution in [0.4, 0.5) is 17.3 Å². The lowest BCUT2D eigenvalue weighted by atomic mass is 10.1. The van der Waals surface area contributed by atoms with Gasteiger partial charge in [-0.3, -0.25) is 9.78 Å². The van der Waals surface area contributed by atoms with E-state index in [2.05, 4.69) is 30.6 Å². The Morgan fingerprint density at radius 1 is 1.03 bits per heavy atom. The van der Waals surface area contributed by atoms with E-state index in [4.69, 9.17) is 4.74 Å². The minimum atomic E-state index is -0.250. The number of nitrogens with zero attached hydrogens (tertiary/aromatic N) is 4. The fourth-order valence-electron chi connectivity index (χ4n) is 3.36. The Morgan fingerprint density at radius 3 is 2.76 bits per heavy atom. The topological polar surface area (TPSA) is 102 Å². The summed E-state index contributed by atoms with van der Waals surface area (Å²) in [7, 11) is 1.60. The number of carbonyl (C=O) groups is 1. The fourth-order valence-corrected chi connectivity index (χ4v) is 4.22. The monoisotopic (exact) mass is 468 g/mol. The van der Waals surface area contributed by atoms with Crippen molar-refractivity contribution >= 4 is 44.8 Å². The van der Waals surface area contributed by atoms with Crippen molar-refractivity contribution in [2.24, 2.45) is 0 Å². The summed E-state index contributed by atoms with van der Waals surface area (Å²) >= 11 is 1.36. The van der Waals surface area contributed by atoms with Crippen molar-refractivity contribution in [3.8, 4) is 17.0 Å². The largest absolute Gasteiger partial charge is 0.495 e. The highest BCUT2D eigenvalue weighted by atomic mass is 32.1. The number of nitrogens with one attached hydrogen (secondary N) is 2. The van der Waals surface area contributed by atoms with Crippen LogP contribution in [0, 0.1) is 6.92 Å². The molecule has 0 atom stereocenters. The molecule has 2 aromatic carbocycles. The number of benzene rings is 2. The first kappa shape index (κ1) is 21.5. The summed E-state index contributed by atoms with van der Waals surface area (Å²) in [6.45, 7) is 1.97. The van der Waals surface area contributed by atoms with Crippen LogP contribution in [0.3, 0.4) is 0 Å². The third kappa shape index (κ3) is 4.55. The highest BCUT2D eigenvalue weighted by Gasteiger charge is 2.13. The molecule has 3 aromatic heterocycles. The summed E-state index contributed by atoms with van der Waals surface area (Å²) in [4.78, 5) is 30.3. The molecule has 3 heterocycles. The van der Waals surface area contributed by atoms with Crippen molar-refractivity contribution in [2.45, 2.75) is 6.92 Å². The number of para-hydroxylation sites is 1. The third-order valence-electron chi connectivity index (χ3n) is 5.13. The lowest BCUT2D eigenvalue weighted by Crippen LogP contribution is -2.11. The molecule has 2 N–H and O–H groups in total. The van der Waals surface area contributed by atoms with Gasteiger partial charge in [-0.2, -0.15) is 0 Å². The van der Waals surface area contributed by atoms with E-state index in [0.29, 0.717) is 28.1 Å². The first-order valence-corrected chi connectivity index (χ1v) is 11.3. The maximum absolute atomic E-state index is 12.8. The SMILES string of the molecule is COc1cncc(-c2ccnc(Nc3cc(NC(=O)c4nc5ccccc5s4)ccc3C)n2)c1. The molecular formula is C25H20N6O2S. The van der Waals surface area contributed by atoms with Gasteiger partial charge < -0.3 is 15.4 Å². The summed E-state index contributed by atoms with van der Waals surface area (Å²) in [6, 6.07) is 17.0. The average Bonchev–Trinajstić information content (AvgIpc) is 3.31. The molecule has 0 saturated carbocycles. The summed E-state index contributed by atoms with van der Waals surface area (Å²) in [5.41, 5.74) is 4.75. The standard InChI is InChI=1S/C25H20N6O2S/c1-15-7-8-17(28-23(32)24-29-20-5-3-4-6-22(20)34-24)12-21(15)31-25-27-10-9-19(30-25)16-11-18(33-2)14-26-13-16/h3-14H,1-2H3,(H,28,32)(H,27,30,31). The molecule has 1 amide bonds. The normalized spacial score (nSPS) is 10.8. The van der Waals surface area contributed by atoms with Gasteiger partial charge in [-0.15, -0.1) is 11.3 Å². The number of fused-ring (bicyclic) bond motifs is 1. The molecule has 0 aliphatic rings. The molecule has 0 saturated heterocycles. The lowest BCUT2D eigenvalue weighted by molar-refractivity contribution is 0.102. The van der Waals surface area contributed by atoms with E-state index in [1.165, 1.54) is 11.3 Å². The number of methoxy groups -OCH3 is 1. The molecule has 0 fully saturated rings. The van der Waals surface area contributed by atoms with Gasteiger partial charge in [0.25, 0.3) is 5.91 Å². The number of aromatic nitrogens is 4. The van der Waals surface area contributed by atoms with Crippen molar-refractivity contribution in [3.05, 3.63) is 83.8 Å². The number of anilines is 3. The van der Waals surface area contributed by atoms with Crippen molar-refractivity contribution in [3.63, 3.8) is 0 Å². The second-order valence-electron chi connectivity index (χ2n) is 7.47. The van der Waals surface area contributed by atoms with Crippen LogP contribution in [0.15, 0.2) is 73.2 Å². The summed E-state index contributed by atoms with van der Waals surface area (Å²) in [5, 5.41) is 6.59. The number of carbonyl (C=O) groups excluding carboxylic acids is 1. The Hall–Kier alpha value is -4.37. The van der Waals surface area contributed by atoms with Crippen molar-refractivity contribution in [1.29, 1.82) is 0 Å². The van der Waals surface area contributed by atoms with Crippen molar-refractivity contribution in [1.82, 2.24) is 19.9 Å². The quantitative estimate of drug-likeness (QED) is 0.341. The van der Waals surface area contributed by atoms with Crippen molar-refractivity contribution < 1.29 is 9.53 Å². The molecule has 168 valence electrons. The number of hydrogen-bond donors (Lipinski definition) is 2. The zero-order chi connectivity index (χ0) is 23.5. The van der Waals surface area contributed by atoms with Gasteiger partial charge in [-0.05, 0) is 48.9 Å². The maximum atomic E-state index is 12.8. The van der Waals surface area contributed by atoms with Gasteiger partial charge >= 0.3 is 0 Å². The van der Waals surface area contributed by atoms with Crippen molar-refractivity contribution in [2.75, 3.05) is 17.7 Å². The fraction of sp³-hybridized carbons (Fsp3) is 0.0800. The van der Waals surface area contributed by atoms with Gasteiger partial charge in [0.1, 0.15) is 5.75 Å². The molecule has 9 heteroatoms. The van der Waals surface area contributed by atoms with Crippen LogP contribution in [0.2, 0.25) is 0 Å². The Bertz CT molecular complexity index is 1470. The first-order chi connectivity index (χ1) is 16.6. The van der Waals surface area contributed by atoms with Crippen LogP contribution in [0.25, 0.3) is 21.5 Å². The number of rotatable bonds is 6. The van der Waals surface area contributed by atoms with E-state index in [9.17, 15) is 4.79 Å². The minimum absolute atomic E-state index is 0.250. The molecule has 5 rings (SSSR count). The molecule has 0 spiro atoms. The van der Waals surface area contributed by atoms with Gasteiger partial charge in [-0.25, -0.2) is 15.0 Å². The van der Waals surface area contributed by atoms with E-state index in [-0.39, 0.29) is 5.91 Å². The van der Waals surface area contributed by atoms with Gasteiger partial charge in [0.05, 0.1) is 29.2 Å². The molecule has 0 bridgehead atoms. The number of thiazole rings is 1. The maximum Gasteiger partial charge on any atom is 0.284 e. The molecule has 8 nitrogen and oxygen atoms in total. The molecule has 5 aromatic rings. The number of hydrogen-bond acceptors (Lipinski definition) is 8. The van der Waals surface area contributed by atoms with Crippen LogP contribution in [-0.2, 0) is 0 Å². The highest BCUT2D eigenvalue weighted by Crippen LogP contribution is 2.27. The molecule has 0 radical (unpaired) electrons. The smallest absolute Gasteiger partial charge is 0.284 e. The van der Waals surface area contributed by atoms with E-state index in [0.717, 1.165) is 27.0 Å². The number of pyridine rings is 1. The van der Waals surface area contributed by atoms with Crippen LogP contribution in [-0.4, -0.2) is 33.0 Å². The average molecular weight is 469 g/mol. The van der Waals surface area contributed by atoms with Gasteiger partial charge in [0, 0.05) is 29.3 Å². The Kier molecular flexibility index (Phi) is 5.84. The van der Waals surface area contributed by atoms with E-state index >= 15 is 0 Å². The lowest BCUT2D eigenvalue weighted by Gasteiger charge is -2.12. The second kappa shape index (κ2) is 9.24. The van der Waals surface area contributed by atoms with E-state index in [1.54, 1.807) is 25.7 Å².